The quantitative estimate of drug-likeness (QED) is 0.785. The van der Waals surface area contributed by atoms with E-state index in [4.69, 9.17) is 10.5 Å². The summed E-state index contributed by atoms with van der Waals surface area (Å²) in [7, 11) is 0. The molecule has 0 atom stereocenters. The van der Waals surface area contributed by atoms with Gasteiger partial charge < -0.3 is 10.5 Å². The number of ether oxygens (including phenoxy) is 1. The molecule has 15 heavy (non-hydrogen) atoms. The molecule has 5 heteroatoms. The van der Waals surface area contributed by atoms with Crippen LogP contribution in [0, 0.1) is 0 Å². The number of aromatic nitrogens is 3. The fraction of sp³-hybridized carbons (Fsp3) is 0.800. The Hall–Kier alpha value is -0.940. The fourth-order valence-corrected chi connectivity index (χ4v) is 1.70. The summed E-state index contributed by atoms with van der Waals surface area (Å²) in [5.41, 5.74) is 6.39. The third-order valence-electron chi connectivity index (χ3n) is 2.74. The van der Waals surface area contributed by atoms with E-state index in [1.807, 2.05) is 24.7 Å². The van der Waals surface area contributed by atoms with E-state index < -0.39 is 5.54 Å². The molecule has 0 aliphatic carbocycles. The summed E-state index contributed by atoms with van der Waals surface area (Å²) in [5.74, 6) is 0. The van der Waals surface area contributed by atoms with E-state index in [2.05, 4.69) is 10.3 Å². The number of hydrogen-bond donors (Lipinski definition) is 1. The molecule has 1 fully saturated rings. The maximum Gasteiger partial charge on any atom is 0.102 e. The van der Waals surface area contributed by atoms with Crippen molar-refractivity contribution in [1.29, 1.82) is 0 Å². The van der Waals surface area contributed by atoms with Crippen LogP contribution in [0.4, 0.5) is 0 Å². The van der Waals surface area contributed by atoms with Crippen molar-refractivity contribution in [2.75, 3.05) is 13.2 Å². The van der Waals surface area contributed by atoms with E-state index in [1.54, 1.807) is 0 Å². The van der Waals surface area contributed by atoms with Crippen LogP contribution in [0.2, 0.25) is 0 Å². The van der Waals surface area contributed by atoms with Gasteiger partial charge in [0.2, 0.25) is 0 Å². The maximum absolute atomic E-state index is 5.96. The largest absolute Gasteiger partial charge is 0.381 e. The van der Waals surface area contributed by atoms with E-state index in [9.17, 15) is 0 Å². The van der Waals surface area contributed by atoms with Gasteiger partial charge in [0.05, 0.1) is 17.8 Å². The van der Waals surface area contributed by atoms with Gasteiger partial charge in [-0.05, 0) is 26.7 Å². The number of rotatable bonds is 2. The Kier molecular flexibility index (Phi) is 2.75. The fourth-order valence-electron chi connectivity index (χ4n) is 1.70. The zero-order chi connectivity index (χ0) is 10.9. The molecular formula is C10H18N4O. The molecule has 84 valence electrons. The van der Waals surface area contributed by atoms with Gasteiger partial charge in [-0.25, -0.2) is 4.68 Å². The lowest BCUT2D eigenvalue weighted by molar-refractivity contribution is 0.0657. The van der Waals surface area contributed by atoms with Crippen molar-refractivity contribution in [3.05, 3.63) is 11.9 Å². The first kappa shape index (κ1) is 10.6. The second-order valence-corrected chi connectivity index (χ2v) is 4.65. The van der Waals surface area contributed by atoms with Gasteiger partial charge in [0, 0.05) is 13.2 Å². The van der Waals surface area contributed by atoms with Crippen molar-refractivity contribution >= 4 is 0 Å². The molecule has 1 aliphatic rings. The molecule has 0 amide bonds. The van der Waals surface area contributed by atoms with Crippen LogP contribution in [0.3, 0.4) is 0 Å². The van der Waals surface area contributed by atoms with Crippen molar-refractivity contribution in [3.63, 3.8) is 0 Å². The molecule has 1 aromatic heterocycles. The van der Waals surface area contributed by atoms with Crippen LogP contribution in [0.5, 0.6) is 0 Å². The highest BCUT2D eigenvalue weighted by Crippen LogP contribution is 2.21. The average Bonchev–Trinajstić information content (AvgIpc) is 2.67. The SMILES string of the molecule is CC(C)(N)c1cn(C2CCOCC2)nn1. The Labute approximate surface area is 89.6 Å². The monoisotopic (exact) mass is 210 g/mol. The van der Waals surface area contributed by atoms with Crippen LogP contribution in [0.15, 0.2) is 6.20 Å². The third-order valence-corrected chi connectivity index (χ3v) is 2.74. The van der Waals surface area contributed by atoms with Gasteiger partial charge in [-0.1, -0.05) is 5.21 Å². The molecule has 2 heterocycles. The predicted molar refractivity (Wildman–Crippen MR) is 56.3 cm³/mol. The summed E-state index contributed by atoms with van der Waals surface area (Å²) < 4.78 is 7.23. The zero-order valence-corrected chi connectivity index (χ0v) is 9.31. The highest BCUT2D eigenvalue weighted by atomic mass is 16.5. The maximum atomic E-state index is 5.96. The second kappa shape index (κ2) is 3.90. The van der Waals surface area contributed by atoms with Crippen molar-refractivity contribution in [1.82, 2.24) is 15.0 Å². The van der Waals surface area contributed by atoms with Crippen LogP contribution >= 0.6 is 0 Å². The van der Waals surface area contributed by atoms with Crippen LogP contribution in [-0.4, -0.2) is 28.2 Å². The van der Waals surface area contributed by atoms with Gasteiger partial charge in [-0.15, -0.1) is 5.10 Å². The van der Waals surface area contributed by atoms with E-state index >= 15 is 0 Å². The summed E-state index contributed by atoms with van der Waals surface area (Å²) in [6, 6.07) is 0.419. The molecule has 5 nitrogen and oxygen atoms in total. The summed E-state index contributed by atoms with van der Waals surface area (Å²) >= 11 is 0. The summed E-state index contributed by atoms with van der Waals surface area (Å²) in [4.78, 5) is 0. The van der Waals surface area contributed by atoms with Gasteiger partial charge in [-0.2, -0.15) is 0 Å². The molecule has 0 radical (unpaired) electrons. The van der Waals surface area contributed by atoms with E-state index in [0.29, 0.717) is 6.04 Å². The van der Waals surface area contributed by atoms with Gasteiger partial charge >= 0.3 is 0 Å². The molecule has 0 aromatic carbocycles. The Morgan fingerprint density at radius 1 is 1.47 bits per heavy atom. The van der Waals surface area contributed by atoms with Gasteiger partial charge in [0.25, 0.3) is 0 Å². The average molecular weight is 210 g/mol. The summed E-state index contributed by atoms with van der Waals surface area (Å²) in [6.07, 6.45) is 3.97. The molecular weight excluding hydrogens is 192 g/mol. The topological polar surface area (TPSA) is 66.0 Å². The number of hydrogen-bond acceptors (Lipinski definition) is 4. The molecule has 1 aliphatic heterocycles. The minimum atomic E-state index is -0.413. The lowest BCUT2D eigenvalue weighted by Gasteiger charge is -2.21. The highest BCUT2D eigenvalue weighted by Gasteiger charge is 2.22. The molecule has 2 rings (SSSR count). The van der Waals surface area contributed by atoms with Gasteiger partial charge in [0.15, 0.2) is 0 Å². The van der Waals surface area contributed by atoms with Crippen molar-refractivity contribution < 1.29 is 4.74 Å². The van der Waals surface area contributed by atoms with Crippen LogP contribution in [0.25, 0.3) is 0 Å². The molecule has 0 spiro atoms. The highest BCUT2D eigenvalue weighted by molar-refractivity contribution is 5.06. The summed E-state index contributed by atoms with van der Waals surface area (Å²) in [6.45, 7) is 5.49. The smallest absolute Gasteiger partial charge is 0.102 e. The first-order valence-electron chi connectivity index (χ1n) is 5.36. The van der Waals surface area contributed by atoms with Crippen LogP contribution in [-0.2, 0) is 10.3 Å². The Morgan fingerprint density at radius 3 is 2.67 bits per heavy atom. The zero-order valence-electron chi connectivity index (χ0n) is 9.31. The lowest BCUT2D eigenvalue weighted by Crippen LogP contribution is -2.29. The summed E-state index contributed by atoms with van der Waals surface area (Å²) in [5, 5.41) is 8.25. The number of nitrogens with two attached hydrogens (primary N) is 1. The second-order valence-electron chi connectivity index (χ2n) is 4.65. The predicted octanol–water partition coefficient (Wildman–Crippen LogP) is 0.823. The van der Waals surface area contributed by atoms with Crippen molar-refractivity contribution in [2.24, 2.45) is 5.73 Å². The molecule has 0 bridgehead atoms. The Morgan fingerprint density at radius 2 is 2.13 bits per heavy atom. The molecule has 1 aromatic rings. The van der Waals surface area contributed by atoms with E-state index in [1.165, 1.54) is 0 Å². The first-order chi connectivity index (χ1) is 7.07. The molecule has 0 unspecified atom stereocenters. The standard InChI is InChI=1S/C10H18N4O/c1-10(2,11)9-7-14(13-12-9)8-3-5-15-6-4-8/h7-8H,3-6,11H2,1-2H3. The Balaban J connectivity index is 2.12. The van der Waals surface area contributed by atoms with Gasteiger partial charge in [0.1, 0.15) is 5.69 Å². The first-order valence-corrected chi connectivity index (χ1v) is 5.36. The van der Waals surface area contributed by atoms with Crippen LogP contribution < -0.4 is 5.73 Å². The minimum Gasteiger partial charge on any atom is -0.381 e. The third kappa shape index (κ3) is 2.35. The minimum absolute atomic E-state index is 0.413. The van der Waals surface area contributed by atoms with Crippen molar-refractivity contribution in [2.45, 2.75) is 38.3 Å². The van der Waals surface area contributed by atoms with Crippen LogP contribution in [0.1, 0.15) is 38.4 Å². The van der Waals surface area contributed by atoms with E-state index in [-0.39, 0.29) is 0 Å². The molecule has 2 N–H and O–H groups in total. The molecule has 1 saturated heterocycles. The Bertz CT molecular complexity index is 322. The van der Waals surface area contributed by atoms with E-state index in [0.717, 1.165) is 31.7 Å². The normalized spacial score (nSPS) is 19.4. The lowest BCUT2D eigenvalue weighted by atomic mass is 10.0. The van der Waals surface area contributed by atoms with Gasteiger partial charge in [-0.3, -0.25) is 0 Å². The van der Waals surface area contributed by atoms with Crippen molar-refractivity contribution in [3.8, 4) is 0 Å². The molecule has 0 saturated carbocycles. The number of nitrogens with zero attached hydrogens (tertiary/aromatic N) is 3.